The lowest BCUT2D eigenvalue weighted by molar-refractivity contribution is -0.142. The summed E-state index contributed by atoms with van der Waals surface area (Å²) in [7, 11) is 0. The lowest BCUT2D eigenvalue weighted by atomic mass is 9.74. The molecular formula is C15H25NO3. The first-order chi connectivity index (χ1) is 9.20. The van der Waals surface area contributed by atoms with Gasteiger partial charge in [0.1, 0.15) is 5.78 Å². The van der Waals surface area contributed by atoms with Crippen LogP contribution in [0.5, 0.6) is 0 Å². The molecule has 2 aliphatic heterocycles. The molecule has 4 nitrogen and oxygen atoms in total. The van der Waals surface area contributed by atoms with Crippen LogP contribution in [-0.4, -0.2) is 37.2 Å². The zero-order valence-corrected chi connectivity index (χ0v) is 11.6. The first-order valence-corrected chi connectivity index (χ1v) is 7.71. The maximum atomic E-state index is 12.7. The lowest BCUT2D eigenvalue weighted by Crippen LogP contribution is -2.47. The quantitative estimate of drug-likeness (QED) is 0.826. The van der Waals surface area contributed by atoms with Crippen LogP contribution in [0.1, 0.15) is 44.9 Å². The predicted octanol–water partition coefficient (Wildman–Crippen LogP) is 1.66. The summed E-state index contributed by atoms with van der Waals surface area (Å²) in [5.74, 6) is 0.641. The fraction of sp³-hybridized carbons (Fsp3) is 0.933. The van der Waals surface area contributed by atoms with Crippen LogP contribution in [0.25, 0.3) is 0 Å². The smallest absolute Gasteiger partial charge is 0.140 e. The van der Waals surface area contributed by atoms with E-state index in [1.54, 1.807) is 0 Å². The molecule has 4 heteroatoms. The minimum Gasteiger partial charge on any atom is -0.378 e. The zero-order chi connectivity index (χ0) is 13.3. The van der Waals surface area contributed by atoms with E-state index in [1.807, 2.05) is 0 Å². The molecular weight excluding hydrogens is 242 g/mol. The van der Waals surface area contributed by atoms with E-state index in [-0.39, 0.29) is 23.5 Å². The van der Waals surface area contributed by atoms with Crippen molar-refractivity contribution < 1.29 is 14.3 Å². The summed E-state index contributed by atoms with van der Waals surface area (Å²) >= 11 is 0. The van der Waals surface area contributed by atoms with E-state index in [0.29, 0.717) is 19.0 Å². The van der Waals surface area contributed by atoms with E-state index in [2.05, 4.69) is 0 Å². The molecule has 0 radical (unpaired) electrons. The van der Waals surface area contributed by atoms with Crippen molar-refractivity contribution in [3.8, 4) is 0 Å². The van der Waals surface area contributed by atoms with Gasteiger partial charge in [-0.3, -0.25) is 4.79 Å². The molecule has 2 N–H and O–H groups in total. The van der Waals surface area contributed by atoms with Crippen LogP contribution in [0.2, 0.25) is 0 Å². The minimum atomic E-state index is -0.169. The summed E-state index contributed by atoms with van der Waals surface area (Å²) in [5.41, 5.74) is 5.99. The van der Waals surface area contributed by atoms with Crippen molar-refractivity contribution in [3.05, 3.63) is 0 Å². The molecule has 0 aromatic rings. The van der Waals surface area contributed by atoms with Crippen molar-refractivity contribution in [2.45, 2.75) is 56.6 Å². The standard InChI is InChI=1S/C15H25NO3/c16-13-4-2-1-3-12(13)14(17)11-5-7-19-15(9-11)6-8-18-10-15/h11-13H,1-10,16H2. The molecule has 108 valence electrons. The van der Waals surface area contributed by atoms with E-state index in [1.165, 1.54) is 6.42 Å². The molecule has 0 bridgehead atoms. The van der Waals surface area contributed by atoms with Gasteiger partial charge in [0, 0.05) is 37.5 Å². The molecule has 4 unspecified atom stereocenters. The highest BCUT2D eigenvalue weighted by Gasteiger charge is 2.44. The molecule has 2 saturated heterocycles. The van der Waals surface area contributed by atoms with Crippen LogP contribution in [-0.2, 0) is 14.3 Å². The Morgan fingerprint density at radius 3 is 2.74 bits per heavy atom. The number of rotatable bonds is 2. The Morgan fingerprint density at radius 1 is 1.16 bits per heavy atom. The molecule has 3 fully saturated rings. The Bertz CT molecular complexity index is 338. The second-order valence-corrected chi connectivity index (χ2v) is 6.48. The van der Waals surface area contributed by atoms with Gasteiger partial charge in [-0.15, -0.1) is 0 Å². The van der Waals surface area contributed by atoms with Crippen molar-refractivity contribution in [2.24, 2.45) is 17.6 Å². The van der Waals surface area contributed by atoms with E-state index in [9.17, 15) is 4.79 Å². The molecule has 0 aromatic carbocycles. The van der Waals surface area contributed by atoms with E-state index >= 15 is 0 Å². The summed E-state index contributed by atoms with van der Waals surface area (Å²) in [6.07, 6.45) is 6.97. The molecule has 1 aliphatic carbocycles. The van der Waals surface area contributed by atoms with Gasteiger partial charge in [0.25, 0.3) is 0 Å². The van der Waals surface area contributed by atoms with Crippen molar-refractivity contribution in [2.75, 3.05) is 19.8 Å². The number of hydrogen-bond donors (Lipinski definition) is 1. The largest absolute Gasteiger partial charge is 0.378 e. The summed E-state index contributed by atoms with van der Waals surface area (Å²) in [6.45, 7) is 2.12. The highest BCUT2D eigenvalue weighted by Crippen LogP contribution is 2.38. The molecule has 0 aromatic heterocycles. The number of carbonyl (C=O) groups excluding carboxylic acids is 1. The predicted molar refractivity (Wildman–Crippen MR) is 71.8 cm³/mol. The van der Waals surface area contributed by atoms with Crippen LogP contribution < -0.4 is 5.73 Å². The van der Waals surface area contributed by atoms with Gasteiger partial charge in [0.2, 0.25) is 0 Å². The average Bonchev–Trinajstić information content (AvgIpc) is 2.86. The fourth-order valence-electron chi connectivity index (χ4n) is 3.95. The summed E-state index contributed by atoms with van der Waals surface area (Å²) in [5, 5.41) is 0. The van der Waals surface area contributed by atoms with Crippen molar-refractivity contribution in [3.63, 3.8) is 0 Å². The fourth-order valence-corrected chi connectivity index (χ4v) is 3.95. The third-order valence-electron chi connectivity index (χ3n) is 5.15. The van der Waals surface area contributed by atoms with Gasteiger partial charge in [0.05, 0.1) is 12.2 Å². The number of ether oxygens (including phenoxy) is 2. The van der Waals surface area contributed by atoms with Crippen LogP contribution in [0, 0.1) is 11.8 Å². The number of nitrogens with two attached hydrogens (primary N) is 1. The summed E-state index contributed by atoms with van der Waals surface area (Å²) in [6, 6.07) is 0.0832. The minimum absolute atomic E-state index is 0.0832. The topological polar surface area (TPSA) is 61.6 Å². The summed E-state index contributed by atoms with van der Waals surface area (Å²) in [4.78, 5) is 12.7. The molecule has 3 rings (SSSR count). The van der Waals surface area contributed by atoms with Crippen LogP contribution in [0.15, 0.2) is 0 Å². The monoisotopic (exact) mass is 267 g/mol. The highest BCUT2D eigenvalue weighted by atomic mass is 16.6. The Morgan fingerprint density at radius 2 is 2.00 bits per heavy atom. The van der Waals surface area contributed by atoms with Gasteiger partial charge in [-0.1, -0.05) is 12.8 Å². The number of hydrogen-bond acceptors (Lipinski definition) is 4. The van der Waals surface area contributed by atoms with Crippen molar-refractivity contribution >= 4 is 5.78 Å². The molecule has 1 saturated carbocycles. The van der Waals surface area contributed by atoms with Crippen molar-refractivity contribution in [1.29, 1.82) is 0 Å². The Labute approximate surface area is 115 Å². The van der Waals surface area contributed by atoms with Gasteiger partial charge in [-0.25, -0.2) is 0 Å². The Kier molecular flexibility index (Phi) is 3.92. The normalized spacial score (nSPS) is 43.5. The molecule has 4 atom stereocenters. The maximum absolute atomic E-state index is 12.7. The van der Waals surface area contributed by atoms with E-state index in [4.69, 9.17) is 15.2 Å². The van der Waals surface area contributed by atoms with Gasteiger partial charge < -0.3 is 15.2 Å². The number of ketones is 1. The first kappa shape index (κ1) is 13.5. The lowest BCUT2D eigenvalue weighted by Gasteiger charge is -2.39. The third-order valence-corrected chi connectivity index (χ3v) is 5.15. The molecule has 1 spiro atoms. The average molecular weight is 267 g/mol. The molecule has 19 heavy (non-hydrogen) atoms. The summed E-state index contributed by atoms with van der Waals surface area (Å²) < 4.78 is 11.4. The Balaban J connectivity index is 1.65. The van der Waals surface area contributed by atoms with Crippen LogP contribution in [0.4, 0.5) is 0 Å². The second-order valence-electron chi connectivity index (χ2n) is 6.48. The van der Waals surface area contributed by atoms with Gasteiger partial charge in [0.15, 0.2) is 0 Å². The van der Waals surface area contributed by atoms with E-state index < -0.39 is 0 Å². The SMILES string of the molecule is NC1CCCCC1C(=O)C1CCOC2(CCOC2)C1. The van der Waals surface area contributed by atoms with Gasteiger partial charge >= 0.3 is 0 Å². The zero-order valence-electron chi connectivity index (χ0n) is 11.6. The number of carbonyl (C=O) groups is 1. The van der Waals surface area contributed by atoms with Gasteiger partial charge in [-0.2, -0.15) is 0 Å². The Hall–Kier alpha value is -0.450. The van der Waals surface area contributed by atoms with E-state index in [0.717, 1.165) is 45.1 Å². The highest BCUT2D eigenvalue weighted by molar-refractivity contribution is 5.84. The van der Waals surface area contributed by atoms with Crippen molar-refractivity contribution in [1.82, 2.24) is 0 Å². The van der Waals surface area contributed by atoms with Crippen LogP contribution >= 0.6 is 0 Å². The first-order valence-electron chi connectivity index (χ1n) is 7.71. The molecule has 0 amide bonds. The van der Waals surface area contributed by atoms with Crippen LogP contribution in [0.3, 0.4) is 0 Å². The van der Waals surface area contributed by atoms with Gasteiger partial charge in [-0.05, 0) is 25.7 Å². The third kappa shape index (κ3) is 2.71. The second kappa shape index (κ2) is 5.51. The number of Topliss-reactive ketones (excluding diaryl/α,β-unsaturated/α-hetero) is 1. The maximum Gasteiger partial charge on any atom is 0.140 e. The molecule has 3 aliphatic rings. The molecule has 2 heterocycles.